The minimum absolute atomic E-state index is 0.0991. The number of benzene rings is 2. The summed E-state index contributed by atoms with van der Waals surface area (Å²) in [5.74, 6) is 0.165. The Hall–Kier alpha value is -5.31. The Balaban J connectivity index is 0.927. The average Bonchev–Trinajstić information content (AvgIpc) is 3.52. The number of nitrogens with zero attached hydrogens (tertiary/aromatic N) is 6. The van der Waals surface area contributed by atoms with Crippen LogP contribution in [0.2, 0.25) is 5.02 Å². The third-order valence-corrected chi connectivity index (χ3v) is 14.5. The van der Waals surface area contributed by atoms with Gasteiger partial charge in [0.2, 0.25) is 33.6 Å². The molecule has 1 saturated carbocycles. The van der Waals surface area contributed by atoms with E-state index in [1.165, 1.54) is 0 Å². The van der Waals surface area contributed by atoms with Crippen LogP contribution < -0.4 is 19.7 Å². The van der Waals surface area contributed by atoms with Gasteiger partial charge in [0.1, 0.15) is 22.8 Å². The monoisotopic (exact) mass is 866 g/mol. The number of amides is 1. The minimum Gasteiger partial charge on any atom is -0.481 e. The molecule has 5 aromatic rings. The number of nitrogens with one attached hydrogen (secondary N) is 2. The summed E-state index contributed by atoms with van der Waals surface area (Å²) in [6.45, 7) is 5.86. The number of hydrogen-bond acceptors (Lipinski definition) is 13. The fraction of sp³-hybridized carbons (Fsp3) is 0.432. The fourth-order valence-electron chi connectivity index (χ4n) is 8.98. The zero-order valence-corrected chi connectivity index (χ0v) is 35.6. The largest absolute Gasteiger partial charge is 0.481 e. The van der Waals surface area contributed by atoms with E-state index in [0.29, 0.717) is 81.2 Å². The molecule has 0 bridgehead atoms. The lowest BCUT2D eigenvalue weighted by Crippen LogP contribution is -2.39. The number of nitriles is 1. The van der Waals surface area contributed by atoms with Gasteiger partial charge in [0.15, 0.2) is 16.6 Å². The Morgan fingerprint density at radius 3 is 2.56 bits per heavy atom. The van der Waals surface area contributed by atoms with Crippen molar-refractivity contribution in [2.24, 2.45) is 5.92 Å². The number of ether oxygens (including phenoxy) is 2. The Morgan fingerprint density at radius 2 is 1.80 bits per heavy atom. The van der Waals surface area contributed by atoms with Gasteiger partial charge >= 0.3 is 0 Å². The molecule has 318 valence electrons. The van der Waals surface area contributed by atoms with Crippen LogP contribution in [0.4, 0.5) is 0 Å². The first-order chi connectivity index (χ1) is 29.4. The summed E-state index contributed by atoms with van der Waals surface area (Å²) in [7, 11) is -2.03. The highest BCUT2D eigenvalue weighted by molar-refractivity contribution is 7.90. The van der Waals surface area contributed by atoms with E-state index in [1.54, 1.807) is 17.9 Å². The molecule has 0 unspecified atom stereocenters. The molecule has 3 aromatic heterocycles. The third-order valence-electron chi connectivity index (χ3n) is 12.4. The van der Waals surface area contributed by atoms with Crippen LogP contribution in [-0.4, -0.2) is 95.0 Å². The number of methoxy groups -OCH3 is 1. The summed E-state index contributed by atoms with van der Waals surface area (Å²) >= 11 is 6.76. The topological polar surface area (TPSA) is 200 Å². The molecular formula is C44H47ClN8O7S. The second-order valence-electron chi connectivity index (χ2n) is 16.5. The molecule has 9 rings (SSSR count). The standard InChI is InChI=1S/C44H47ClN8O7S/c1-25-31(33-7-4-8-35-34(33)11-12-37(35)59-44-36(45)19-27(42(49-44)58-2)22-52-16-14-29(54)24-52)5-3-6-32(25)43-48-38-39(60-43)28(20-46)23-53(40(38)47)18-17-51-15-13-26(21-51)41(55)50-61(56,57)30-9-10-30/h3-8,19,23,26,29-30,37,47,54H,9-18,21-22,24H2,1-2H3,(H,50,55)/t26-,29-,37+/m1/s1. The molecule has 0 radical (unpaired) electrons. The van der Waals surface area contributed by atoms with Crippen LogP contribution in [0.3, 0.4) is 0 Å². The highest BCUT2D eigenvalue weighted by atomic mass is 35.5. The highest BCUT2D eigenvalue weighted by Crippen LogP contribution is 2.43. The molecule has 2 saturated heterocycles. The first-order valence-corrected chi connectivity index (χ1v) is 22.6. The summed E-state index contributed by atoms with van der Waals surface area (Å²) in [6, 6.07) is 16.2. The number of carbonyl (C=O) groups is 1. The molecular weight excluding hydrogens is 820 g/mol. The molecule has 61 heavy (non-hydrogen) atoms. The van der Waals surface area contributed by atoms with Crippen LogP contribution in [0.1, 0.15) is 66.0 Å². The molecule has 15 nitrogen and oxygen atoms in total. The highest BCUT2D eigenvalue weighted by Gasteiger charge is 2.39. The van der Waals surface area contributed by atoms with Crippen molar-refractivity contribution in [3.05, 3.63) is 87.0 Å². The van der Waals surface area contributed by atoms with Crippen LogP contribution in [-0.2, 0) is 34.3 Å². The Bertz CT molecular complexity index is 2760. The van der Waals surface area contributed by atoms with Gasteiger partial charge in [-0.15, -0.1) is 0 Å². The van der Waals surface area contributed by atoms with E-state index in [9.17, 15) is 23.6 Å². The van der Waals surface area contributed by atoms with E-state index in [4.69, 9.17) is 35.9 Å². The third kappa shape index (κ3) is 8.13. The molecule has 4 aliphatic rings. The number of pyridine rings is 2. The van der Waals surface area contributed by atoms with Crippen molar-refractivity contribution in [1.82, 2.24) is 29.1 Å². The maximum absolute atomic E-state index is 12.7. The fourth-order valence-corrected chi connectivity index (χ4v) is 10.6. The average molecular weight is 867 g/mol. The smallest absolute Gasteiger partial charge is 0.237 e. The van der Waals surface area contributed by atoms with Crippen LogP contribution in [0.15, 0.2) is 53.1 Å². The lowest BCUT2D eigenvalue weighted by Gasteiger charge is -2.20. The van der Waals surface area contributed by atoms with Crippen molar-refractivity contribution in [1.29, 1.82) is 10.7 Å². The molecule has 3 atom stereocenters. The van der Waals surface area contributed by atoms with Gasteiger partial charge in [-0.2, -0.15) is 10.2 Å². The lowest BCUT2D eigenvalue weighted by molar-refractivity contribution is -0.122. The van der Waals surface area contributed by atoms with Gasteiger partial charge < -0.3 is 28.5 Å². The number of aliphatic hydroxyl groups excluding tert-OH is 1. The molecule has 0 spiro atoms. The normalized spacial score (nSPS) is 20.5. The second-order valence-corrected chi connectivity index (χ2v) is 18.9. The summed E-state index contributed by atoms with van der Waals surface area (Å²) in [5, 5.41) is 29.1. The number of sulfonamides is 1. The number of hydrogen-bond donors (Lipinski definition) is 3. The summed E-state index contributed by atoms with van der Waals surface area (Å²) < 4.78 is 47.0. The number of oxazole rings is 1. The second kappa shape index (κ2) is 16.5. The number of likely N-dealkylation sites (tertiary alicyclic amines) is 2. The van der Waals surface area contributed by atoms with Gasteiger partial charge in [0, 0.05) is 56.6 Å². The van der Waals surface area contributed by atoms with E-state index in [2.05, 4.69) is 43.8 Å². The number of β-amino-alcohol motifs (C(OH)–C–C–N with tert-alkyl or cyclic N) is 1. The quantitative estimate of drug-likeness (QED) is 0.139. The maximum Gasteiger partial charge on any atom is 0.237 e. The van der Waals surface area contributed by atoms with Crippen LogP contribution in [0, 0.1) is 29.6 Å². The lowest BCUT2D eigenvalue weighted by atomic mass is 9.91. The maximum atomic E-state index is 12.7. The summed E-state index contributed by atoms with van der Waals surface area (Å²) in [5.41, 5.74) is 7.63. The first-order valence-electron chi connectivity index (χ1n) is 20.7. The van der Waals surface area contributed by atoms with Crippen LogP contribution in [0.5, 0.6) is 11.8 Å². The van der Waals surface area contributed by atoms with Crippen molar-refractivity contribution in [2.75, 3.05) is 39.8 Å². The molecule has 2 aliphatic carbocycles. The van der Waals surface area contributed by atoms with Crippen molar-refractivity contribution < 1.29 is 32.2 Å². The molecule has 2 aliphatic heterocycles. The van der Waals surface area contributed by atoms with Crippen molar-refractivity contribution in [2.45, 2.75) is 76.0 Å². The van der Waals surface area contributed by atoms with E-state index in [1.807, 2.05) is 31.2 Å². The molecule has 5 heterocycles. The number of halogens is 1. The van der Waals surface area contributed by atoms with Crippen LogP contribution >= 0.6 is 11.6 Å². The van der Waals surface area contributed by atoms with Crippen molar-refractivity contribution in [3.8, 4) is 40.4 Å². The number of aromatic nitrogens is 3. The van der Waals surface area contributed by atoms with Gasteiger partial charge in [-0.25, -0.2) is 13.4 Å². The molecule has 3 fully saturated rings. The molecule has 3 N–H and O–H groups in total. The minimum atomic E-state index is -3.60. The molecule has 2 aromatic carbocycles. The van der Waals surface area contributed by atoms with Gasteiger partial charge in [-0.3, -0.25) is 19.8 Å². The number of rotatable bonds is 13. The zero-order chi connectivity index (χ0) is 42.6. The number of carbonyl (C=O) groups excluding carboxylic acids is 1. The van der Waals surface area contributed by atoms with E-state index < -0.39 is 27.1 Å². The summed E-state index contributed by atoms with van der Waals surface area (Å²) in [6.07, 6.45) is 4.94. The Labute approximate surface area is 358 Å². The van der Waals surface area contributed by atoms with Gasteiger partial charge in [-0.1, -0.05) is 41.9 Å². The molecule has 17 heteroatoms. The zero-order valence-electron chi connectivity index (χ0n) is 34.0. The molecule has 1 amide bonds. The number of aliphatic hydroxyl groups is 1. The predicted molar refractivity (Wildman–Crippen MR) is 226 cm³/mol. The van der Waals surface area contributed by atoms with Gasteiger partial charge in [0.05, 0.1) is 24.4 Å². The number of fused-ring (bicyclic) bond motifs is 2. The van der Waals surface area contributed by atoms with E-state index >= 15 is 0 Å². The Morgan fingerprint density at radius 1 is 1.03 bits per heavy atom. The first kappa shape index (κ1) is 41.1. The van der Waals surface area contributed by atoms with E-state index in [0.717, 1.165) is 64.8 Å². The predicted octanol–water partition coefficient (Wildman–Crippen LogP) is 5.24. The summed E-state index contributed by atoms with van der Waals surface area (Å²) in [4.78, 5) is 26.4. The van der Waals surface area contributed by atoms with E-state index in [-0.39, 0.29) is 34.4 Å². The SMILES string of the molecule is COc1nc(O[C@H]2CCc3c(-c4cccc(-c5nc6c(=N)n(CCN7CC[C@@H](C(=O)NS(=O)(=O)C8CC8)C7)cc(C#N)c6o5)c4C)cccc32)c(Cl)cc1CN1CC[C@@H](O)C1. The van der Waals surface area contributed by atoms with Crippen LogP contribution in [0.25, 0.3) is 33.7 Å². The van der Waals surface area contributed by atoms with Crippen molar-refractivity contribution in [3.63, 3.8) is 0 Å². The van der Waals surface area contributed by atoms with Gasteiger partial charge in [0.25, 0.3) is 0 Å². The van der Waals surface area contributed by atoms with Crippen molar-refractivity contribution >= 4 is 38.6 Å². The van der Waals surface area contributed by atoms with Gasteiger partial charge in [-0.05, 0) is 91.9 Å². The Kier molecular flexibility index (Phi) is 11.1.